The van der Waals surface area contributed by atoms with Crippen LogP contribution in [0, 0.1) is 6.92 Å². The Morgan fingerprint density at radius 1 is 1.32 bits per heavy atom. The fraction of sp³-hybridized carbons (Fsp3) is 0.263. The van der Waals surface area contributed by atoms with Gasteiger partial charge in [-0.15, -0.1) is 11.3 Å². The van der Waals surface area contributed by atoms with Gasteiger partial charge in [-0.25, -0.2) is 9.78 Å². The highest BCUT2D eigenvalue weighted by Crippen LogP contribution is 2.27. The monoisotopic (exact) mass is 419 g/mol. The predicted molar refractivity (Wildman–Crippen MR) is 108 cm³/mol. The van der Waals surface area contributed by atoms with Crippen LogP contribution in [0.2, 0.25) is 5.02 Å². The van der Waals surface area contributed by atoms with E-state index in [1.54, 1.807) is 19.1 Å². The van der Waals surface area contributed by atoms with Crippen molar-refractivity contribution in [2.45, 2.75) is 26.4 Å². The third-order valence-electron chi connectivity index (χ3n) is 4.29. The minimum absolute atomic E-state index is 0.228. The van der Waals surface area contributed by atoms with Crippen molar-refractivity contribution < 1.29 is 14.3 Å². The molecule has 0 saturated heterocycles. The second kappa shape index (κ2) is 8.12. The summed E-state index contributed by atoms with van der Waals surface area (Å²) in [6.07, 6.45) is 1.47. The molecule has 1 amide bonds. The van der Waals surface area contributed by atoms with Crippen LogP contribution in [-0.2, 0) is 16.1 Å². The molecule has 0 fully saturated rings. The molecular weight excluding hydrogens is 402 g/mol. The van der Waals surface area contributed by atoms with Gasteiger partial charge in [0.2, 0.25) is 0 Å². The van der Waals surface area contributed by atoms with Gasteiger partial charge in [0, 0.05) is 5.02 Å². The Morgan fingerprint density at radius 2 is 2.00 bits per heavy atom. The first-order valence-electron chi connectivity index (χ1n) is 8.43. The lowest BCUT2D eigenvalue weighted by Crippen LogP contribution is -2.39. The van der Waals surface area contributed by atoms with E-state index in [0.29, 0.717) is 32.2 Å². The zero-order valence-electron chi connectivity index (χ0n) is 15.5. The molecule has 3 aromatic rings. The van der Waals surface area contributed by atoms with Crippen LogP contribution >= 0.6 is 22.9 Å². The number of thiophene rings is 1. The fourth-order valence-electron chi connectivity index (χ4n) is 2.77. The van der Waals surface area contributed by atoms with E-state index in [1.807, 2.05) is 12.1 Å². The zero-order valence-corrected chi connectivity index (χ0v) is 17.1. The Morgan fingerprint density at radius 3 is 2.64 bits per heavy atom. The molecule has 1 unspecified atom stereocenters. The summed E-state index contributed by atoms with van der Waals surface area (Å²) in [7, 11) is 1.25. The molecule has 1 N–H and O–H groups in total. The molecule has 0 aliphatic rings. The summed E-state index contributed by atoms with van der Waals surface area (Å²) in [5.74, 6) is -0.988. The Balaban J connectivity index is 1.94. The predicted octanol–water partition coefficient (Wildman–Crippen LogP) is 2.76. The summed E-state index contributed by atoms with van der Waals surface area (Å²) in [4.78, 5) is 42.1. The second-order valence-corrected chi connectivity index (χ2v) is 7.69. The van der Waals surface area contributed by atoms with Crippen LogP contribution in [0.3, 0.4) is 0 Å². The van der Waals surface area contributed by atoms with Crippen molar-refractivity contribution in [3.05, 3.63) is 62.0 Å². The average Bonchev–Trinajstić information content (AvgIpc) is 3.02. The lowest BCUT2D eigenvalue weighted by molar-refractivity contribution is -0.142. The number of rotatable bonds is 5. The van der Waals surface area contributed by atoms with Crippen LogP contribution in [0.5, 0.6) is 0 Å². The normalized spacial score (nSPS) is 12.0. The van der Waals surface area contributed by atoms with Crippen molar-refractivity contribution >= 4 is 45.0 Å². The zero-order chi connectivity index (χ0) is 20.4. The number of nitrogens with zero attached hydrogens (tertiary/aromatic N) is 2. The number of benzene rings is 1. The maximum absolute atomic E-state index is 12.9. The number of carbonyl (C=O) groups excluding carboxylic acids is 2. The van der Waals surface area contributed by atoms with Gasteiger partial charge in [0.25, 0.3) is 11.5 Å². The van der Waals surface area contributed by atoms with E-state index in [4.69, 9.17) is 11.6 Å². The number of nitrogens with one attached hydrogen (secondary N) is 1. The number of carbonyl (C=O) groups is 2. The summed E-state index contributed by atoms with van der Waals surface area (Å²) < 4.78 is 6.10. The van der Waals surface area contributed by atoms with Gasteiger partial charge in [-0.3, -0.25) is 14.2 Å². The molecular formula is C19H18ClN3O4S. The van der Waals surface area contributed by atoms with Crippen LogP contribution in [0.1, 0.15) is 27.7 Å². The van der Waals surface area contributed by atoms with Crippen molar-refractivity contribution in [2.75, 3.05) is 7.11 Å². The number of aryl methyl sites for hydroxylation is 1. The molecule has 9 heteroatoms. The Bertz CT molecular complexity index is 1100. The van der Waals surface area contributed by atoms with E-state index in [0.717, 1.165) is 16.9 Å². The lowest BCUT2D eigenvalue weighted by atomic mass is 10.2. The first kappa shape index (κ1) is 20.0. The number of fused-ring (bicyclic) bond motifs is 1. The van der Waals surface area contributed by atoms with E-state index < -0.39 is 17.9 Å². The molecule has 7 nitrogen and oxygen atoms in total. The molecule has 0 radical (unpaired) electrons. The SMILES string of the molecule is COC(=O)C(C)NC(=O)c1sc2ncn(Cc3ccc(Cl)cc3)c(=O)c2c1C. The van der Waals surface area contributed by atoms with Gasteiger partial charge < -0.3 is 10.1 Å². The molecule has 28 heavy (non-hydrogen) atoms. The molecule has 2 aromatic heterocycles. The van der Waals surface area contributed by atoms with Gasteiger partial charge in [0.05, 0.1) is 30.2 Å². The molecule has 0 spiro atoms. The van der Waals surface area contributed by atoms with Gasteiger partial charge in [0.15, 0.2) is 0 Å². The summed E-state index contributed by atoms with van der Waals surface area (Å²) >= 11 is 7.01. The van der Waals surface area contributed by atoms with Gasteiger partial charge in [-0.1, -0.05) is 23.7 Å². The summed E-state index contributed by atoms with van der Waals surface area (Å²) in [6, 6.07) is 6.40. The highest BCUT2D eigenvalue weighted by molar-refractivity contribution is 7.20. The van der Waals surface area contributed by atoms with Gasteiger partial charge in [-0.05, 0) is 37.1 Å². The number of aromatic nitrogens is 2. The number of halogens is 1. The Labute approximate surface area is 169 Å². The molecule has 3 rings (SSSR count). The van der Waals surface area contributed by atoms with Gasteiger partial charge in [-0.2, -0.15) is 0 Å². The molecule has 1 atom stereocenters. The first-order chi connectivity index (χ1) is 13.3. The number of esters is 1. The van der Waals surface area contributed by atoms with Crippen LogP contribution in [-0.4, -0.2) is 34.6 Å². The smallest absolute Gasteiger partial charge is 0.328 e. The number of methoxy groups -OCH3 is 1. The van der Waals surface area contributed by atoms with E-state index in [9.17, 15) is 14.4 Å². The largest absolute Gasteiger partial charge is 0.467 e. The maximum atomic E-state index is 12.9. The van der Waals surface area contributed by atoms with E-state index >= 15 is 0 Å². The quantitative estimate of drug-likeness (QED) is 0.642. The van der Waals surface area contributed by atoms with E-state index in [1.165, 1.54) is 24.9 Å². The van der Waals surface area contributed by atoms with Crippen LogP contribution in [0.4, 0.5) is 0 Å². The minimum atomic E-state index is -0.795. The number of hydrogen-bond donors (Lipinski definition) is 1. The van der Waals surface area contributed by atoms with Crippen LogP contribution < -0.4 is 10.9 Å². The van der Waals surface area contributed by atoms with Crippen LogP contribution in [0.15, 0.2) is 35.4 Å². The number of hydrogen-bond acceptors (Lipinski definition) is 6. The summed E-state index contributed by atoms with van der Waals surface area (Å²) in [6.45, 7) is 3.57. The topological polar surface area (TPSA) is 90.3 Å². The molecule has 0 aliphatic carbocycles. The van der Waals surface area contributed by atoms with Crippen LogP contribution in [0.25, 0.3) is 10.2 Å². The fourth-order valence-corrected chi connectivity index (χ4v) is 3.94. The van der Waals surface area contributed by atoms with Gasteiger partial charge >= 0.3 is 5.97 Å². The number of amides is 1. The lowest BCUT2D eigenvalue weighted by Gasteiger charge is -2.10. The third-order valence-corrected chi connectivity index (χ3v) is 5.74. The standard InChI is InChI=1S/C19H18ClN3O4S/c1-10-14-17(28-15(10)16(24)22-11(2)19(26)27-3)21-9-23(18(14)25)8-12-4-6-13(20)7-5-12/h4-7,9,11H,8H2,1-3H3,(H,22,24). The number of ether oxygens (including phenoxy) is 1. The van der Waals surface area contributed by atoms with Gasteiger partial charge in [0.1, 0.15) is 10.9 Å². The third kappa shape index (κ3) is 3.93. The average molecular weight is 420 g/mol. The van der Waals surface area contributed by atoms with Crippen molar-refractivity contribution in [1.29, 1.82) is 0 Å². The molecule has 0 bridgehead atoms. The summed E-state index contributed by atoms with van der Waals surface area (Å²) in [5.41, 5.74) is 1.22. The molecule has 1 aromatic carbocycles. The Hall–Kier alpha value is -2.71. The highest BCUT2D eigenvalue weighted by atomic mass is 35.5. The minimum Gasteiger partial charge on any atom is -0.467 e. The van der Waals surface area contributed by atoms with Crippen molar-refractivity contribution in [3.63, 3.8) is 0 Å². The maximum Gasteiger partial charge on any atom is 0.328 e. The molecule has 0 saturated carbocycles. The molecule has 0 aliphatic heterocycles. The first-order valence-corrected chi connectivity index (χ1v) is 9.63. The van der Waals surface area contributed by atoms with Crippen molar-refractivity contribution in [1.82, 2.24) is 14.9 Å². The summed E-state index contributed by atoms with van der Waals surface area (Å²) in [5, 5.41) is 3.60. The second-order valence-electron chi connectivity index (χ2n) is 6.26. The van der Waals surface area contributed by atoms with Crippen molar-refractivity contribution in [3.8, 4) is 0 Å². The molecule has 146 valence electrons. The van der Waals surface area contributed by atoms with E-state index in [2.05, 4.69) is 15.0 Å². The van der Waals surface area contributed by atoms with E-state index in [-0.39, 0.29) is 5.56 Å². The molecule has 2 heterocycles. The Kier molecular flexibility index (Phi) is 5.81. The van der Waals surface area contributed by atoms with Crippen molar-refractivity contribution in [2.24, 2.45) is 0 Å². The highest BCUT2D eigenvalue weighted by Gasteiger charge is 2.23.